The smallest absolute Gasteiger partial charge is 0.330 e. The number of nitrogens with one attached hydrogen (secondary N) is 1. The number of imide groups is 1. The predicted molar refractivity (Wildman–Crippen MR) is 125 cm³/mol. The Morgan fingerprint density at radius 2 is 1.42 bits per heavy atom. The summed E-state index contributed by atoms with van der Waals surface area (Å²) < 4.78 is 6.09. The third kappa shape index (κ3) is 5.01. The van der Waals surface area contributed by atoms with E-state index in [9.17, 15) is 19.2 Å². The van der Waals surface area contributed by atoms with Gasteiger partial charge in [0, 0.05) is 16.6 Å². The second-order valence-corrected chi connectivity index (χ2v) is 8.31. The lowest BCUT2D eigenvalue weighted by Crippen LogP contribution is -2.47. The molecule has 0 unspecified atom stereocenters. The molecule has 166 valence electrons. The van der Waals surface area contributed by atoms with Gasteiger partial charge in [0.05, 0.1) is 11.1 Å². The Morgan fingerprint density at radius 3 is 2.03 bits per heavy atom. The first-order chi connectivity index (χ1) is 15.9. The Hall–Kier alpha value is -3.78. The number of rotatable bonds is 7. The molecule has 0 bridgehead atoms. The topological polar surface area (TPSA) is 92.8 Å². The average molecular weight is 507 g/mol. The quantitative estimate of drug-likeness (QED) is 0.388. The zero-order valence-corrected chi connectivity index (χ0v) is 18.9. The van der Waals surface area contributed by atoms with Crippen LogP contribution in [0.2, 0.25) is 0 Å². The van der Waals surface area contributed by atoms with E-state index in [1.54, 1.807) is 72.8 Å². The van der Waals surface area contributed by atoms with Gasteiger partial charge in [0.1, 0.15) is 6.04 Å². The zero-order chi connectivity index (χ0) is 23.4. The minimum absolute atomic E-state index is 0.0689. The summed E-state index contributed by atoms with van der Waals surface area (Å²) in [7, 11) is 0. The maximum atomic E-state index is 13.0. The Labute approximate surface area is 198 Å². The van der Waals surface area contributed by atoms with Gasteiger partial charge in [-0.05, 0) is 42.0 Å². The summed E-state index contributed by atoms with van der Waals surface area (Å²) in [6, 6.07) is 21.1. The summed E-state index contributed by atoms with van der Waals surface area (Å²) in [6.07, 6.45) is 0.0689. The van der Waals surface area contributed by atoms with Gasteiger partial charge in [-0.2, -0.15) is 0 Å². The molecule has 0 spiro atoms. The van der Waals surface area contributed by atoms with E-state index >= 15 is 0 Å². The van der Waals surface area contributed by atoms with Gasteiger partial charge in [0.15, 0.2) is 6.61 Å². The lowest BCUT2D eigenvalue weighted by Gasteiger charge is -2.24. The van der Waals surface area contributed by atoms with Crippen molar-refractivity contribution in [2.24, 2.45) is 0 Å². The van der Waals surface area contributed by atoms with E-state index in [1.165, 1.54) is 0 Å². The van der Waals surface area contributed by atoms with Crippen molar-refractivity contribution in [3.63, 3.8) is 0 Å². The largest absolute Gasteiger partial charge is 0.454 e. The monoisotopic (exact) mass is 506 g/mol. The number of hydrogen-bond donors (Lipinski definition) is 1. The van der Waals surface area contributed by atoms with Crippen molar-refractivity contribution in [1.82, 2.24) is 4.90 Å². The number of nitrogens with zero attached hydrogens (tertiary/aromatic N) is 1. The van der Waals surface area contributed by atoms with Crippen molar-refractivity contribution in [1.29, 1.82) is 0 Å². The molecule has 1 atom stereocenters. The van der Waals surface area contributed by atoms with Crippen LogP contribution in [-0.2, 0) is 20.7 Å². The van der Waals surface area contributed by atoms with Crippen molar-refractivity contribution in [2.75, 3.05) is 11.9 Å². The van der Waals surface area contributed by atoms with Gasteiger partial charge in [-0.25, -0.2) is 4.79 Å². The molecule has 3 amide bonds. The molecule has 0 saturated carbocycles. The third-order valence-corrected chi connectivity index (χ3v) is 5.68. The predicted octanol–water partition coefficient (Wildman–Crippen LogP) is 3.84. The highest BCUT2D eigenvalue weighted by Crippen LogP contribution is 2.26. The lowest BCUT2D eigenvalue weighted by atomic mass is 10.0. The molecule has 0 fully saturated rings. The van der Waals surface area contributed by atoms with Crippen LogP contribution < -0.4 is 5.32 Å². The molecule has 1 aliphatic rings. The minimum atomic E-state index is -1.21. The number of halogens is 1. The number of esters is 1. The number of fused-ring (bicyclic) bond motifs is 1. The van der Waals surface area contributed by atoms with Gasteiger partial charge in [0.25, 0.3) is 17.7 Å². The van der Waals surface area contributed by atoms with Crippen molar-refractivity contribution < 1.29 is 23.9 Å². The first kappa shape index (κ1) is 22.4. The van der Waals surface area contributed by atoms with Crippen LogP contribution in [0, 0.1) is 0 Å². The number of amides is 3. The first-order valence-electron chi connectivity index (χ1n) is 10.2. The van der Waals surface area contributed by atoms with Crippen LogP contribution in [-0.4, -0.2) is 41.2 Å². The molecular formula is C25H19BrN2O5. The Balaban J connectivity index is 1.50. The number of ether oxygens (including phenoxy) is 1. The second-order valence-electron chi connectivity index (χ2n) is 7.39. The highest BCUT2D eigenvalue weighted by atomic mass is 79.9. The van der Waals surface area contributed by atoms with Gasteiger partial charge in [0.2, 0.25) is 0 Å². The van der Waals surface area contributed by atoms with Crippen LogP contribution >= 0.6 is 15.9 Å². The third-order valence-electron chi connectivity index (χ3n) is 5.15. The molecule has 0 saturated heterocycles. The van der Waals surface area contributed by atoms with E-state index in [-0.39, 0.29) is 17.5 Å². The van der Waals surface area contributed by atoms with Crippen LogP contribution in [0.1, 0.15) is 26.3 Å². The molecule has 1 heterocycles. The molecule has 7 nitrogen and oxygen atoms in total. The summed E-state index contributed by atoms with van der Waals surface area (Å²) in [5.41, 5.74) is 1.76. The Kier molecular flexibility index (Phi) is 6.65. The fraction of sp³-hybridized carbons (Fsp3) is 0.120. The Morgan fingerprint density at radius 1 is 0.848 bits per heavy atom. The number of hydrogen-bond acceptors (Lipinski definition) is 5. The number of benzene rings is 3. The molecule has 0 aromatic heterocycles. The van der Waals surface area contributed by atoms with Crippen LogP contribution in [0.15, 0.2) is 83.3 Å². The van der Waals surface area contributed by atoms with E-state index < -0.39 is 36.3 Å². The first-order valence-corrected chi connectivity index (χ1v) is 11.0. The van der Waals surface area contributed by atoms with E-state index in [4.69, 9.17) is 4.74 Å². The molecule has 3 aromatic rings. The summed E-state index contributed by atoms with van der Waals surface area (Å²) >= 11 is 3.32. The number of carbonyl (C=O) groups is 4. The standard InChI is InChI=1S/C25H19BrN2O5/c26-17-10-12-18(13-11-17)27-22(29)15-33-25(32)21(14-16-6-2-1-3-7-16)28-23(30)19-8-4-5-9-20(19)24(28)31/h1-13,21H,14-15H2,(H,27,29)/t21-/m1/s1. The van der Waals surface area contributed by atoms with Crippen molar-refractivity contribution in [3.8, 4) is 0 Å². The second kappa shape index (κ2) is 9.79. The molecular weight excluding hydrogens is 488 g/mol. The molecule has 3 aromatic carbocycles. The molecule has 1 N–H and O–H groups in total. The molecule has 33 heavy (non-hydrogen) atoms. The summed E-state index contributed by atoms with van der Waals surface area (Å²) in [5.74, 6) is -2.49. The molecule has 8 heteroatoms. The highest BCUT2D eigenvalue weighted by molar-refractivity contribution is 9.10. The van der Waals surface area contributed by atoms with E-state index in [1.807, 2.05) is 6.07 Å². The van der Waals surface area contributed by atoms with E-state index in [0.29, 0.717) is 5.69 Å². The SMILES string of the molecule is O=C(COC(=O)[C@@H](Cc1ccccc1)N1C(=O)c2ccccc2C1=O)Nc1ccc(Br)cc1. The normalized spacial score (nSPS) is 13.4. The molecule has 0 aliphatic carbocycles. The fourth-order valence-corrected chi connectivity index (χ4v) is 3.84. The van der Waals surface area contributed by atoms with Gasteiger partial charge in [-0.3, -0.25) is 19.3 Å². The van der Waals surface area contributed by atoms with Crippen LogP contribution in [0.3, 0.4) is 0 Å². The van der Waals surface area contributed by atoms with Crippen LogP contribution in [0.25, 0.3) is 0 Å². The summed E-state index contributed by atoms with van der Waals surface area (Å²) in [4.78, 5) is 52.1. The van der Waals surface area contributed by atoms with Gasteiger partial charge >= 0.3 is 5.97 Å². The number of anilines is 1. The van der Waals surface area contributed by atoms with Gasteiger partial charge in [-0.1, -0.05) is 58.4 Å². The van der Waals surface area contributed by atoms with Crippen LogP contribution in [0.4, 0.5) is 5.69 Å². The maximum absolute atomic E-state index is 13.0. The van der Waals surface area contributed by atoms with Crippen molar-refractivity contribution in [3.05, 3.63) is 100 Å². The maximum Gasteiger partial charge on any atom is 0.330 e. The lowest BCUT2D eigenvalue weighted by molar-refractivity contribution is -0.151. The molecule has 4 rings (SSSR count). The van der Waals surface area contributed by atoms with E-state index in [0.717, 1.165) is 14.9 Å². The van der Waals surface area contributed by atoms with Crippen LogP contribution in [0.5, 0.6) is 0 Å². The van der Waals surface area contributed by atoms with Crippen molar-refractivity contribution >= 4 is 45.3 Å². The summed E-state index contributed by atoms with van der Waals surface area (Å²) in [6.45, 7) is -0.552. The minimum Gasteiger partial charge on any atom is -0.454 e. The highest BCUT2D eigenvalue weighted by Gasteiger charge is 2.43. The zero-order valence-electron chi connectivity index (χ0n) is 17.4. The molecule has 1 aliphatic heterocycles. The fourth-order valence-electron chi connectivity index (χ4n) is 3.57. The summed E-state index contributed by atoms with van der Waals surface area (Å²) in [5, 5.41) is 2.63. The number of carbonyl (C=O) groups excluding carboxylic acids is 4. The van der Waals surface area contributed by atoms with E-state index in [2.05, 4.69) is 21.2 Å². The van der Waals surface area contributed by atoms with Crippen molar-refractivity contribution in [2.45, 2.75) is 12.5 Å². The molecule has 0 radical (unpaired) electrons. The Bertz CT molecular complexity index is 1180. The van der Waals surface area contributed by atoms with Gasteiger partial charge in [-0.15, -0.1) is 0 Å². The van der Waals surface area contributed by atoms with Gasteiger partial charge < -0.3 is 10.1 Å². The average Bonchev–Trinajstić information content (AvgIpc) is 3.08.